The molecule has 1 N–H and O–H groups in total. The van der Waals surface area contributed by atoms with Crippen molar-refractivity contribution in [1.82, 2.24) is 19.4 Å². The van der Waals surface area contributed by atoms with Gasteiger partial charge in [-0.25, -0.2) is 4.79 Å². The molecule has 196 valence electrons. The Kier molecular flexibility index (Phi) is 7.66. The van der Waals surface area contributed by atoms with E-state index in [-0.39, 0.29) is 36.3 Å². The summed E-state index contributed by atoms with van der Waals surface area (Å²) >= 11 is 0. The van der Waals surface area contributed by atoms with Crippen LogP contribution in [-0.2, 0) is 17.9 Å². The molecule has 10 heteroatoms. The molecule has 1 aliphatic heterocycles. The van der Waals surface area contributed by atoms with Crippen LogP contribution in [0.4, 0.5) is 0 Å². The summed E-state index contributed by atoms with van der Waals surface area (Å²) in [5.41, 5.74) is 0.322. The van der Waals surface area contributed by atoms with Crippen LogP contribution >= 0.6 is 0 Å². The maximum Gasteiger partial charge on any atom is 0.332 e. The molecule has 0 aliphatic carbocycles. The third-order valence-corrected chi connectivity index (χ3v) is 6.93. The van der Waals surface area contributed by atoms with Crippen LogP contribution < -0.4 is 26.0 Å². The molecule has 1 fully saturated rings. The minimum atomic E-state index is -0.599. The fraction of sp³-hybridized carbons (Fsp3) is 0.407. The summed E-state index contributed by atoms with van der Waals surface area (Å²) < 4.78 is 13.2. The molecular weight excluding hydrogens is 476 g/mol. The van der Waals surface area contributed by atoms with Crippen molar-refractivity contribution in [2.24, 2.45) is 0 Å². The molecule has 1 aliphatic rings. The van der Waals surface area contributed by atoms with E-state index < -0.39 is 11.2 Å². The standard InChI is InChI=1S/C27H32N4O6/c1-17-7-5-6-12-29(17)24(32)16-30-21-14-23(37-4)22(36-3)13-20(21)26(34)31(27(30)35)15-18-8-10-19(11-9-18)25(33)28-2/h8-11,13-14,17H,5-7,12,15-16H2,1-4H3,(H,28,33). The monoisotopic (exact) mass is 508 g/mol. The summed E-state index contributed by atoms with van der Waals surface area (Å²) in [6.07, 6.45) is 2.90. The van der Waals surface area contributed by atoms with Gasteiger partial charge in [0, 0.05) is 31.3 Å². The van der Waals surface area contributed by atoms with E-state index >= 15 is 0 Å². The number of nitrogens with one attached hydrogen (secondary N) is 1. The Morgan fingerprint density at radius 1 is 1.00 bits per heavy atom. The Balaban J connectivity index is 1.84. The first-order valence-corrected chi connectivity index (χ1v) is 12.3. The summed E-state index contributed by atoms with van der Waals surface area (Å²) in [4.78, 5) is 54.2. The predicted octanol–water partition coefficient (Wildman–Crippen LogP) is 1.99. The van der Waals surface area contributed by atoms with Gasteiger partial charge in [-0.1, -0.05) is 12.1 Å². The Hall–Kier alpha value is -4.08. The van der Waals surface area contributed by atoms with Gasteiger partial charge in [0.2, 0.25) is 5.91 Å². The lowest BCUT2D eigenvalue weighted by atomic mass is 10.0. The molecule has 3 aromatic rings. The van der Waals surface area contributed by atoms with Gasteiger partial charge in [0.15, 0.2) is 11.5 Å². The van der Waals surface area contributed by atoms with Crippen molar-refractivity contribution in [2.45, 2.75) is 45.3 Å². The topological polar surface area (TPSA) is 112 Å². The Labute approximate surface area is 214 Å². The maximum absolute atomic E-state index is 13.7. The zero-order valence-corrected chi connectivity index (χ0v) is 21.6. The van der Waals surface area contributed by atoms with E-state index in [0.717, 1.165) is 23.8 Å². The third kappa shape index (κ3) is 5.09. The highest BCUT2D eigenvalue weighted by atomic mass is 16.5. The van der Waals surface area contributed by atoms with E-state index in [4.69, 9.17) is 9.47 Å². The highest BCUT2D eigenvalue weighted by Crippen LogP contribution is 2.30. The predicted molar refractivity (Wildman–Crippen MR) is 140 cm³/mol. The summed E-state index contributed by atoms with van der Waals surface area (Å²) in [5.74, 6) is 0.285. The smallest absolute Gasteiger partial charge is 0.332 e. The van der Waals surface area contributed by atoms with Gasteiger partial charge in [-0.05, 0) is 49.9 Å². The molecule has 4 rings (SSSR count). The van der Waals surface area contributed by atoms with Gasteiger partial charge in [0.25, 0.3) is 11.5 Å². The molecule has 2 aromatic carbocycles. The number of fused-ring (bicyclic) bond motifs is 1. The van der Waals surface area contributed by atoms with Gasteiger partial charge in [0.05, 0.1) is 31.7 Å². The first kappa shape index (κ1) is 26.0. The van der Waals surface area contributed by atoms with Gasteiger partial charge < -0.3 is 19.7 Å². The number of hydrogen-bond donors (Lipinski definition) is 1. The third-order valence-electron chi connectivity index (χ3n) is 6.93. The Bertz CT molecular complexity index is 1440. The quantitative estimate of drug-likeness (QED) is 0.523. The summed E-state index contributed by atoms with van der Waals surface area (Å²) in [7, 11) is 4.48. The number of methoxy groups -OCH3 is 2. The molecule has 0 radical (unpaired) electrons. The summed E-state index contributed by atoms with van der Waals surface area (Å²) in [6.45, 7) is 2.42. The van der Waals surface area contributed by atoms with Crippen LogP contribution in [0.25, 0.3) is 10.9 Å². The van der Waals surface area contributed by atoms with E-state index in [0.29, 0.717) is 34.7 Å². The van der Waals surface area contributed by atoms with E-state index in [2.05, 4.69) is 5.32 Å². The second kappa shape index (κ2) is 10.9. The zero-order valence-electron chi connectivity index (χ0n) is 21.6. The number of hydrogen-bond acceptors (Lipinski definition) is 6. The number of nitrogens with zero attached hydrogens (tertiary/aromatic N) is 3. The number of ether oxygens (including phenoxy) is 2. The fourth-order valence-electron chi connectivity index (χ4n) is 4.82. The number of aromatic nitrogens is 2. The molecule has 0 saturated carbocycles. The number of amides is 2. The van der Waals surface area contributed by atoms with Gasteiger partial charge in [-0.15, -0.1) is 0 Å². The summed E-state index contributed by atoms with van der Waals surface area (Å²) in [5, 5.41) is 2.79. The molecule has 0 spiro atoms. The first-order valence-electron chi connectivity index (χ1n) is 12.3. The molecule has 37 heavy (non-hydrogen) atoms. The van der Waals surface area contributed by atoms with E-state index in [1.807, 2.05) is 6.92 Å². The van der Waals surface area contributed by atoms with Crippen LogP contribution in [0.5, 0.6) is 11.5 Å². The molecule has 1 atom stereocenters. The van der Waals surface area contributed by atoms with Gasteiger partial charge in [-0.2, -0.15) is 0 Å². The molecule has 2 heterocycles. The first-order chi connectivity index (χ1) is 17.8. The molecule has 0 bridgehead atoms. The average molecular weight is 509 g/mol. The molecular formula is C27H32N4O6. The maximum atomic E-state index is 13.7. The highest BCUT2D eigenvalue weighted by molar-refractivity contribution is 5.94. The van der Waals surface area contributed by atoms with Crippen LogP contribution in [-0.4, -0.2) is 59.7 Å². The normalized spacial score (nSPS) is 15.5. The van der Waals surface area contributed by atoms with Crippen molar-refractivity contribution < 1.29 is 19.1 Å². The number of carbonyl (C=O) groups is 2. The Morgan fingerprint density at radius 2 is 1.68 bits per heavy atom. The fourth-order valence-corrected chi connectivity index (χ4v) is 4.82. The van der Waals surface area contributed by atoms with Crippen LogP contribution in [0.2, 0.25) is 0 Å². The molecule has 1 aromatic heterocycles. The van der Waals surface area contributed by atoms with Gasteiger partial charge in [-0.3, -0.25) is 23.5 Å². The van der Waals surface area contributed by atoms with E-state index in [1.54, 1.807) is 42.3 Å². The highest BCUT2D eigenvalue weighted by Gasteiger charge is 2.25. The van der Waals surface area contributed by atoms with Crippen molar-refractivity contribution in [3.8, 4) is 11.5 Å². The molecule has 10 nitrogen and oxygen atoms in total. The van der Waals surface area contributed by atoms with Crippen molar-refractivity contribution in [1.29, 1.82) is 0 Å². The van der Waals surface area contributed by atoms with Gasteiger partial charge >= 0.3 is 5.69 Å². The van der Waals surface area contributed by atoms with Crippen LogP contribution in [0.1, 0.15) is 42.1 Å². The molecule has 1 saturated heterocycles. The van der Waals surface area contributed by atoms with Crippen LogP contribution in [0.3, 0.4) is 0 Å². The van der Waals surface area contributed by atoms with Crippen molar-refractivity contribution in [2.75, 3.05) is 27.8 Å². The number of rotatable bonds is 7. The minimum Gasteiger partial charge on any atom is -0.493 e. The molecule has 1 unspecified atom stereocenters. The van der Waals surface area contributed by atoms with E-state index in [1.165, 1.54) is 24.9 Å². The number of likely N-dealkylation sites (tertiary alicyclic amines) is 1. The SMILES string of the molecule is CNC(=O)c1ccc(Cn2c(=O)c3cc(OC)c(OC)cc3n(CC(=O)N3CCCCC3C)c2=O)cc1. The number of piperidine rings is 1. The lowest BCUT2D eigenvalue weighted by Gasteiger charge is -2.33. The second-order valence-electron chi connectivity index (χ2n) is 9.19. The lowest BCUT2D eigenvalue weighted by Crippen LogP contribution is -2.47. The van der Waals surface area contributed by atoms with Crippen molar-refractivity contribution in [3.63, 3.8) is 0 Å². The zero-order chi connectivity index (χ0) is 26.7. The van der Waals surface area contributed by atoms with Crippen LogP contribution in [0, 0.1) is 0 Å². The number of benzene rings is 2. The van der Waals surface area contributed by atoms with Gasteiger partial charge in [0.1, 0.15) is 6.54 Å². The van der Waals surface area contributed by atoms with Crippen molar-refractivity contribution in [3.05, 3.63) is 68.4 Å². The average Bonchev–Trinajstić information content (AvgIpc) is 2.92. The minimum absolute atomic E-state index is 0.0235. The van der Waals surface area contributed by atoms with E-state index in [9.17, 15) is 19.2 Å². The second-order valence-corrected chi connectivity index (χ2v) is 9.19. The Morgan fingerprint density at radius 3 is 2.30 bits per heavy atom. The molecule has 2 amide bonds. The lowest BCUT2D eigenvalue weighted by molar-refractivity contribution is -0.135. The summed E-state index contributed by atoms with van der Waals surface area (Å²) in [6, 6.07) is 9.84. The van der Waals surface area contributed by atoms with Crippen molar-refractivity contribution >= 4 is 22.7 Å². The largest absolute Gasteiger partial charge is 0.493 e. The van der Waals surface area contributed by atoms with Crippen LogP contribution in [0.15, 0.2) is 46.0 Å². The number of carbonyl (C=O) groups excluding carboxylic acids is 2.